The van der Waals surface area contributed by atoms with Crippen molar-refractivity contribution in [2.45, 2.75) is 40.3 Å². The number of rotatable bonds is 7. The summed E-state index contributed by atoms with van der Waals surface area (Å²) in [6.45, 7) is 10.4. The van der Waals surface area contributed by atoms with E-state index in [1.807, 2.05) is 43.3 Å². The summed E-state index contributed by atoms with van der Waals surface area (Å²) in [6.07, 6.45) is 0.0862. The second-order valence-electron chi connectivity index (χ2n) is 7.21. The molecule has 0 saturated heterocycles. The molecule has 0 radical (unpaired) electrons. The molecule has 1 aromatic heterocycles. The van der Waals surface area contributed by atoms with E-state index in [0.717, 1.165) is 29.5 Å². The van der Waals surface area contributed by atoms with Crippen molar-refractivity contribution >= 4 is 29.9 Å². The molecular weight excluding hydrogens is 455 g/mol. The van der Waals surface area contributed by atoms with E-state index >= 15 is 0 Å². The summed E-state index contributed by atoms with van der Waals surface area (Å²) in [7, 11) is 1.74. The molecule has 0 saturated carbocycles. The Morgan fingerprint density at radius 3 is 2.52 bits per heavy atom. The fourth-order valence-corrected chi connectivity index (χ4v) is 2.56. The lowest BCUT2D eigenvalue weighted by Crippen LogP contribution is -2.45. The summed E-state index contributed by atoms with van der Waals surface area (Å²) in [6, 6.07) is 11.8. The topological polar surface area (TPSA) is 71.7 Å². The van der Waals surface area contributed by atoms with Gasteiger partial charge in [0.15, 0.2) is 11.7 Å². The van der Waals surface area contributed by atoms with Crippen LogP contribution in [0, 0.1) is 5.41 Å². The first-order valence-electron chi connectivity index (χ1n) is 9.00. The third-order valence-electron chi connectivity index (χ3n) is 4.07. The summed E-state index contributed by atoms with van der Waals surface area (Å²) in [5, 5.41) is 10.7. The van der Waals surface area contributed by atoms with E-state index in [0.29, 0.717) is 13.1 Å². The van der Waals surface area contributed by atoms with E-state index in [1.54, 1.807) is 7.11 Å². The average molecular weight is 486 g/mol. The predicted molar refractivity (Wildman–Crippen MR) is 120 cm³/mol. The quantitative estimate of drug-likeness (QED) is 0.351. The summed E-state index contributed by atoms with van der Waals surface area (Å²) in [5.41, 5.74) is 1.85. The van der Waals surface area contributed by atoms with Crippen molar-refractivity contribution in [1.82, 2.24) is 15.8 Å². The van der Waals surface area contributed by atoms with Gasteiger partial charge in [0.1, 0.15) is 5.69 Å². The Labute approximate surface area is 179 Å². The van der Waals surface area contributed by atoms with Crippen LogP contribution in [0.2, 0.25) is 0 Å². The third kappa shape index (κ3) is 7.50. The molecule has 0 spiro atoms. The van der Waals surface area contributed by atoms with Gasteiger partial charge < -0.3 is 19.9 Å². The summed E-state index contributed by atoms with van der Waals surface area (Å²) >= 11 is 0. The second-order valence-corrected chi connectivity index (χ2v) is 7.21. The van der Waals surface area contributed by atoms with Crippen LogP contribution in [0.4, 0.5) is 0 Å². The van der Waals surface area contributed by atoms with Gasteiger partial charge in [-0.25, -0.2) is 4.99 Å². The SMILES string of the molecule is CCNC(=NCc1cc(-c2ccccc2)on1)NCC(OC)C(C)(C)C.I. The summed E-state index contributed by atoms with van der Waals surface area (Å²) in [4.78, 5) is 4.60. The van der Waals surface area contributed by atoms with Crippen molar-refractivity contribution < 1.29 is 9.26 Å². The molecule has 2 aromatic rings. The molecule has 0 aliphatic heterocycles. The fourth-order valence-electron chi connectivity index (χ4n) is 2.56. The highest BCUT2D eigenvalue weighted by Gasteiger charge is 2.24. The standard InChI is InChI=1S/C20H30N4O2.HI/c1-6-21-19(23-14-18(25-5)20(2,3)4)22-13-16-12-17(26-24-16)15-10-8-7-9-11-15;/h7-12,18H,6,13-14H2,1-5H3,(H2,21,22,23);1H. The zero-order chi connectivity index (χ0) is 19.0. The lowest BCUT2D eigenvalue weighted by Gasteiger charge is -2.30. The smallest absolute Gasteiger partial charge is 0.191 e. The van der Waals surface area contributed by atoms with Crippen LogP contribution >= 0.6 is 24.0 Å². The zero-order valence-electron chi connectivity index (χ0n) is 16.8. The Kier molecular flexibility index (Phi) is 9.79. The maximum Gasteiger partial charge on any atom is 0.191 e. The Hall–Kier alpha value is -1.61. The van der Waals surface area contributed by atoms with Gasteiger partial charge >= 0.3 is 0 Å². The lowest BCUT2D eigenvalue weighted by molar-refractivity contribution is 0.0205. The van der Waals surface area contributed by atoms with Crippen LogP contribution < -0.4 is 10.6 Å². The van der Waals surface area contributed by atoms with Gasteiger partial charge in [-0.05, 0) is 12.3 Å². The molecule has 2 N–H and O–H groups in total. The lowest BCUT2D eigenvalue weighted by atomic mass is 9.89. The number of halogens is 1. The number of guanidine groups is 1. The molecule has 0 fully saturated rings. The van der Waals surface area contributed by atoms with Crippen molar-refractivity contribution in [3.05, 3.63) is 42.1 Å². The molecular formula is C20H31IN4O2. The molecule has 0 aliphatic carbocycles. The van der Waals surface area contributed by atoms with Crippen LogP contribution in [-0.2, 0) is 11.3 Å². The van der Waals surface area contributed by atoms with Crippen LogP contribution in [0.15, 0.2) is 45.9 Å². The van der Waals surface area contributed by atoms with Crippen LogP contribution in [0.5, 0.6) is 0 Å². The summed E-state index contributed by atoms with van der Waals surface area (Å²) in [5.74, 6) is 1.49. The second kappa shape index (κ2) is 11.3. The molecule has 1 heterocycles. The molecule has 0 amide bonds. The maximum absolute atomic E-state index is 5.59. The first kappa shape index (κ1) is 23.4. The number of aromatic nitrogens is 1. The number of hydrogen-bond acceptors (Lipinski definition) is 4. The highest BCUT2D eigenvalue weighted by Crippen LogP contribution is 2.21. The fraction of sp³-hybridized carbons (Fsp3) is 0.500. The van der Waals surface area contributed by atoms with Gasteiger partial charge in [-0.15, -0.1) is 24.0 Å². The number of hydrogen-bond donors (Lipinski definition) is 2. The molecule has 0 bridgehead atoms. The first-order chi connectivity index (χ1) is 12.4. The van der Waals surface area contributed by atoms with Crippen molar-refractivity contribution in [2.75, 3.05) is 20.2 Å². The van der Waals surface area contributed by atoms with E-state index < -0.39 is 0 Å². The molecule has 27 heavy (non-hydrogen) atoms. The number of benzene rings is 1. The Morgan fingerprint density at radius 1 is 1.22 bits per heavy atom. The van der Waals surface area contributed by atoms with Gasteiger partial charge in [-0.2, -0.15) is 0 Å². The van der Waals surface area contributed by atoms with E-state index in [4.69, 9.17) is 9.26 Å². The highest BCUT2D eigenvalue weighted by atomic mass is 127. The minimum absolute atomic E-state index is 0. The van der Waals surface area contributed by atoms with Gasteiger partial charge in [0.2, 0.25) is 0 Å². The number of nitrogens with zero attached hydrogens (tertiary/aromatic N) is 2. The van der Waals surface area contributed by atoms with Gasteiger partial charge in [-0.3, -0.25) is 0 Å². The number of methoxy groups -OCH3 is 1. The predicted octanol–water partition coefficient (Wildman–Crippen LogP) is 4.08. The van der Waals surface area contributed by atoms with Crippen molar-refractivity contribution in [1.29, 1.82) is 0 Å². The van der Waals surface area contributed by atoms with Crippen LogP contribution in [-0.4, -0.2) is 37.4 Å². The van der Waals surface area contributed by atoms with Gasteiger partial charge in [0.05, 0.1) is 12.6 Å². The number of nitrogens with one attached hydrogen (secondary N) is 2. The normalized spacial score (nSPS) is 13.0. The molecule has 7 heteroatoms. The molecule has 1 aromatic carbocycles. The molecule has 2 rings (SSSR count). The minimum Gasteiger partial charge on any atom is -0.379 e. The molecule has 6 nitrogen and oxygen atoms in total. The van der Waals surface area contributed by atoms with E-state index in [9.17, 15) is 0 Å². The molecule has 0 aliphatic rings. The molecule has 1 unspecified atom stereocenters. The number of ether oxygens (including phenoxy) is 1. The molecule has 150 valence electrons. The van der Waals surface area contributed by atoms with Crippen LogP contribution in [0.3, 0.4) is 0 Å². The molecule has 1 atom stereocenters. The van der Waals surface area contributed by atoms with Crippen molar-refractivity contribution in [3.8, 4) is 11.3 Å². The van der Waals surface area contributed by atoms with Crippen molar-refractivity contribution in [2.24, 2.45) is 10.4 Å². The number of aliphatic imine (C=N–C) groups is 1. The van der Waals surface area contributed by atoms with Gasteiger partial charge in [-0.1, -0.05) is 56.3 Å². The van der Waals surface area contributed by atoms with E-state index in [-0.39, 0.29) is 35.5 Å². The van der Waals surface area contributed by atoms with Crippen LogP contribution in [0.1, 0.15) is 33.4 Å². The Balaban J connectivity index is 0.00000364. The largest absolute Gasteiger partial charge is 0.379 e. The Bertz CT molecular complexity index is 696. The van der Waals surface area contributed by atoms with Crippen molar-refractivity contribution in [3.63, 3.8) is 0 Å². The van der Waals surface area contributed by atoms with Crippen LogP contribution in [0.25, 0.3) is 11.3 Å². The summed E-state index contributed by atoms with van der Waals surface area (Å²) < 4.78 is 11.0. The highest BCUT2D eigenvalue weighted by molar-refractivity contribution is 14.0. The third-order valence-corrected chi connectivity index (χ3v) is 4.07. The minimum atomic E-state index is 0. The maximum atomic E-state index is 5.59. The van der Waals surface area contributed by atoms with E-state index in [2.05, 4.69) is 41.6 Å². The van der Waals surface area contributed by atoms with Gasteiger partial charge in [0.25, 0.3) is 0 Å². The van der Waals surface area contributed by atoms with E-state index in [1.165, 1.54) is 0 Å². The first-order valence-corrected chi connectivity index (χ1v) is 9.00. The monoisotopic (exact) mass is 486 g/mol. The zero-order valence-corrected chi connectivity index (χ0v) is 19.1. The average Bonchev–Trinajstić information content (AvgIpc) is 3.08. The van der Waals surface area contributed by atoms with Gasteiger partial charge in [0, 0.05) is 31.8 Å². The Morgan fingerprint density at radius 2 is 1.93 bits per heavy atom.